The maximum atomic E-state index is 13.7. The summed E-state index contributed by atoms with van der Waals surface area (Å²) in [7, 11) is -9.52. The fourth-order valence-corrected chi connectivity index (χ4v) is 6.45. The summed E-state index contributed by atoms with van der Waals surface area (Å²) < 4.78 is 56.1. The van der Waals surface area contributed by atoms with E-state index in [0.717, 1.165) is 28.6 Å². The Morgan fingerprint density at radius 2 is 1.83 bits per heavy atom. The highest BCUT2D eigenvalue weighted by molar-refractivity contribution is 7.89. The lowest BCUT2D eigenvalue weighted by Gasteiger charge is -2.33. The van der Waals surface area contributed by atoms with Gasteiger partial charge >= 0.3 is 13.9 Å². The molecule has 1 aliphatic rings. The van der Waals surface area contributed by atoms with Gasteiger partial charge in [-0.1, -0.05) is 44.2 Å². The van der Waals surface area contributed by atoms with Gasteiger partial charge in [-0.3, -0.25) is 14.6 Å². The topological polar surface area (TPSA) is 195 Å². The van der Waals surface area contributed by atoms with Crippen molar-refractivity contribution in [3.05, 3.63) is 70.3 Å². The van der Waals surface area contributed by atoms with Gasteiger partial charge in [-0.25, -0.2) is 17.8 Å². The summed E-state index contributed by atoms with van der Waals surface area (Å²) in [5, 5.41) is 13.6. The monoisotopic (exact) mass is 615 g/mol. The van der Waals surface area contributed by atoms with Crippen LogP contribution in [0.1, 0.15) is 25.8 Å². The van der Waals surface area contributed by atoms with Crippen LogP contribution in [0, 0.1) is 16.0 Å². The Labute approximate surface area is 238 Å². The molecule has 0 aliphatic carbocycles. The van der Waals surface area contributed by atoms with Gasteiger partial charge in [-0.2, -0.15) is 4.31 Å². The smallest absolute Gasteiger partial charge is 0.444 e. The molecule has 41 heavy (non-hydrogen) atoms. The Hall–Kier alpha value is -2.91. The van der Waals surface area contributed by atoms with E-state index in [1.807, 2.05) is 0 Å². The van der Waals surface area contributed by atoms with Gasteiger partial charge in [-0.15, -0.1) is 0 Å². The third-order valence-corrected chi connectivity index (χ3v) is 8.51. The first-order valence-corrected chi connectivity index (χ1v) is 15.8. The van der Waals surface area contributed by atoms with Gasteiger partial charge in [0.05, 0.1) is 29.1 Å². The first kappa shape index (κ1) is 32.6. The van der Waals surface area contributed by atoms with Crippen molar-refractivity contribution in [2.45, 2.75) is 49.8 Å². The Morgan fingerprint density at radius 3 is 2.37 bits per heavy atom. The lowest BCUT2D eigenvalue weighted by atomic mass is 10.0. The number of alkyl carbamates (subject to hydrolysis) is 1. The van der Waals surface area contributed by atoms with Gasteiger partial charge in [0.15, 0.2) is 0 Å². The second-order valence-electron chi connectivity index (χ2n) is 9.93. The number of nitrogens with zero attached hydrogens (tertiary/aromatic N) is 2. The van der Waals surface area contributed by atoms with Crippen LogP contribution in [-0.2, 0) is 35.0 Å². The molecule has 1 fully saturated rings. The highest BCUT2D eigenvalue weighted by atomic mass is 32.2. The molecule has 3 rings (SSSR count). The van der Waals surface area contributed by atoms with Crippen molar-refractivity contribution in [2.24, 2.45) is 5.92 Å². The average Bonchev–Trinajstić information content (AvgIpc) is 3.40. The van der Waals surface area contributed by atoms with E-state index in [4.69, 9.17) is 14.0 Å². The number of non-ortho nitro benzene ring substituents is 1. The molecule has 16 heteroatoms. The van der Waals surface area contributed by atoms with E-state index < -0.39 is 53.7 Å². The Balaban J connectivity index is 1.97. The molecule has 226 valence electrons. The predicted molar refractivity (Wildman–Crippen MR) is 146 cm³/mol. The Bertz CT molecular complexity index is 1310. The van der Waals surface area contributed by atoms with Crippen molar-refractivity contribution in [1.82, 2.24) is 9.62 Å². The third-order valence-electron chi connectivity index (χ3n) is 6.12. The molecular weight excluding hydrogens is 581 g/mol. The van der Waals surface area contributed by atoms with Crippen LogP contribution in [-0.4, -0.2) is 78.1 Å². The normalized spacial score (nSPS) is 17.4. The van der Waals surface area contributed by atoms with Crippen molar-refractivity contribution in [3.63, 3.8) is 0 Å². The zero-order chi connectivity index (χ0) is 30.2. The van der Waals surface area contributed by atoms with Gasteiger partial charge in [0.2, 0.25) is 10.0 Å². The first-order valence-electron chi connectivity index (χ1n) is 12.8. The molecule has 1 saturated heterocycles. The number of phosphoric acid groups is 1. The molecule has 1 aliphatic heterocycles. The summed E-state index contributed by atoms with van der Waals surface area (Å²) in [4.78, 5) is 42.5. The number of nitro groups is 1. The summed E-state index contributed by atoms with van der Waals surface area (Å²) in [6.07, 6.45) is -2.41. The van der Waals surface area contributed by atoms with E-state index in [-0.39, 0.29) is 36.1 Å². The minimum Gasteiger partial charge on any atom is -0.444 e. The van der Waals surface area contributed by atoms with Crippen LogP contribution in [0.25, 0.3) is 0 Å². The van der Waals surface area contributed by atoms with Gasteiger partial charge in [0, 0.05) is 31.6 Å². The zero-order valence-corrected chi connectivity index (χ0v) is 24.3. The standard InChI is InChI=1S/C25H34N3O11PS/c1-18(2)15-27(41(35,36)22-10-8-20(9-11-22)28(30)31)16-24(39-40(32,33)34)23(14-19-6-4-3-5-7-19)26-25(29)38-21-12-13-37-17-21/h3-11,18,21,23-24H,12-17H2,1-2H3,(H,26,29)(H2,32,33,34)/t21?,23-,24+/m0/s1. The second kappa shape index (κ2) is 14.3. The van der Waals surface area contributed by atoms with Crippen LogP contribution < -0.4 is 5.32 Å². The van der Waals surface area contributed by atoms with Crippen LogP contribution >= 0.6 is 7.82 Å². The summed E-state index contributed by atoms with van der Waals surface area (Å²) in [5.74, 6) is -0.230. The van der Waals surface area contributed by atoms with Crippen molar-refractivity contribution in [3.8, 4) is 0 Å². The summed E-state index contributed by atoms with van der Waals surface area (Å²) in [5.41, 5.74) is 0.371. The molecule has 14 nitrogen and oxygen atoms in total. The molecule has 1 amide bonds. The number of carbonyl (C=O) groups is 1. The molecule has 0 spiro atoms. The molecule has 3 atom stereocenters. The minimum atomic E-state index is -5.19. The number of sulfonamides is 1. The van der Waals surface area contributed by atoms with Crippen molar-refractivity contribution in [2.75, 3.05) is 26.3 Å². The minimum absolute atomic E-state index is 0.0227. The number of amides is 1. The molecule has 0 saturated carbocycles. The van der Waals surface area contributed by atoms with E-state index >= 15 is 0 Å². The molecule has 2 aromatic carbocycles. The summed E-state index contributed by atoms with van der Waals surface area (Å²) >= 11 is 0. The van der Waals surface area contributed by atoms with E-state index in [9.17, 15) is 37.7 Å². The predicted octanol–water partition coefficient (Wildman–Crippen LogP) is 2.85. The number of benzene rings is 2. The average molecular weight is 616 g/mol. The molecule has 0 radical (unpaired) electrons. The lowest BCUT2D eigenvalue weighted by Crippen LogP contribution is -2.52. The molecule has 2 aromatic rings. The highest BCUT2D eigenvalue weighted by Gasteiger charge is 2.37. The van der Waals surface area contributed by atoms with Crippen LogP contribution in [0.4, 0.5) is 10.5 Å². The summed E-state index contributed by atoms with van der Waals surface area (Å²) in [6.45, 7) is 3.47. The largest absolute Gasteiger partial charge is 0.469 e. The van der Waals surface area contributed by atoms with Crippen LogP contribution in [0.2, 0.25) is 0 Å². The number of ether oxygens (including phenoxy) is 2. The van der Waals surface area contributed by atoms with E-state index in [2.05, 4.69) is 5.32 Å². The number of nitrogens with one attached hydrogen (secondary N) is 1. The number of nitro benzene ring substituents is 1. The molecule has 0 bridgehead atoms. The molecule has 0 aromatic heterocycles. The number of hydrogen-bond acceptors (Lipinski definition) is 9. The number of hydrogen-bond donors (Lipinski definition) is 3. The van der Waals surface area contributed by atoms with Crippen LogP contribution in [0.3, 0.4) is 0 Å². The maximum Gasteiger partial charge on any atom is 0.469 e. The van der Waals surface area contributed by atoms with E-state index in [1.54, 1.807) is 44.2 Å². The molecule has 1 heterocycles. The number of rotatable bonds is 14. The van der Waals surface area contributed by atoms with Crippen molar-refractivity contribution < 1.29 is 46.5 Å². The first-order chi connectivity index (χ1) is 19.2. The molecule has 3 N–H and O–H groups in total. The Morgan fingerprint density at radius 1 is 1.17 bits per heavy atom. The molecular formula is C25H34N3O11PS. The van der Waals surface area contributed by atoms with E-state index in [1.165, 1.54) is 0 Å². The van der Waals surface area contributed by atoms with Gasteiger partial charge < -0.3 is 24.6 Å². The van der Waals surface area contributed by atoms with E-state index in [0.29, 0.717) is 18.6 Å². The van der Waals surface area contributed by atoms with Crippen LogP contribution in [0.5, 0.6) is 0 Å². The van der Waals surface area contributed by atoms with Crippen molar-refractivity contribution >= 4 is 29.6 Å². The number of phosphoric ester groups is 1. The zero-order valence-electron chi connectivity index (χ0n) is 22.6. The van der Waals surface area contributed by atoms with Crippen molar-refractivity contribution in [1.29, 1.82) is 0 Å². The SMILES string of the molecule is CC(C)CN(C[C@@H](OP(=O)(O)O)[C@H](Cc1ccccc1)NC(=O)OC1CCOC1)S(=O)(=O)c1ccc([N+](=O)[O-])cc1. The van der Waals surface area contributed by atoms with Gasteiger partial charge in [0.25, 0.3) is 5.69 Å². The summed E-state index contributed by atoms with van der Waals surface area (Å²) in [6, 6.07) is 11.8. The quantitative estimate of drug-likeness (QED) is 0.161. The highest BCUT2D eigenvalue weighted by Crippen LogP contribution is 2.39. The number of carbonyl (C=O) groups excluding carboxylic acids is 1. The van der Waals surface area contributed by atoms with Gasteiger partial charge in [-0.05, 0) is 30.0 Å². The lowest BCUT2D eigenvalue weighted by molar-refractivity contribution is -0.384. The second-order valence-corrected chi connectivity index (χ2v) is 13.1. The molecule has 1 unspecified atom stereocenters. The fraction of sp³-hybridized carbons (Fsp3) is 0.480. The third kappa shape index (κ3) is 10.1. The van der Waals surface area contributed by atoms with Crippen LogP contribution in [0.15, 0.2) is 59.5 Å². The Kier molecular flexibility index (Phi) is 11.4. The van der Waals surface area contributed by atoms with Gasteiger partial charge in [0.1, 0.15) is 12.2 Å². The fourth-order valence-electron chi connectivity index (χ4n) is 4.26. The maximum absolute atomic E-state index is 13.7.